The van der Waals surface area contributed by atoms with Crippen LogP contribution in [0.5, 0.6) is 5.75 Å². The van der Waals surface area contributed by atoms with Gasteiger partial charge in [-0.2, -0.15) is 5.10 Å². The maximum Gasteiger partial charge on any atom is 0.266 e. The summed E-state index contributed by atoms with van der Waals surface area (Å²) >= 11 is 0. The van der Waals surface area contributed by atoms with Crippen molar-refractivity contribution in [1.82, 2.24) is 24.7 Å². The molecule has 23 heavy (non-hydrogen) atoms. The number of amides is 1. The van der Waals surface area contributed by atoms with Crippen LogP contribution in [0.25, 0.3) is 5.82 Å². The second kappa shape index (κ2) is 6.65. The Labute approximate surface area is 132 Å². The van der Waals surface area contributed by atoms with Crippen molar-refractivity contribution in [3.05, 3.63) is 55.4 Å². The summed E-state index contributed by atoms with van der Waals surface area (Å²) in [5, 5.41) is 6.66. The Morgan fingerprint density at radius 2 is 2.04 bits per heavy atom. The molecule has 0 aliphatic rings. The zero-order valence-corrected chi connectivity index (χ0v) is 12.3. The quantitative estimate of drug-likeness (QED) is 0.766. The number of nitrogens with zero attached hydrogens (tertiary/aromatic N) is 5. The van der Waals surface area contributed by atoms with Crippen LogP contribution in [0.2, 0.25) is 0 Å². The number of para-hydroxylation sites is 1. The molecule has 0 spiro atoms. The van der Waals surface area contributed by atoms with E-state index >= 15 is 0 Å². The van der Waals surface area contributed by atoms with E-state index < -0.39 is 6.10 Å². The van der Waals surface area contributed by atoms with Gasteiger partial charge in [0, 0.05) is 6.07 Å². The van der Waals surface area contributed by atoms with E-state index in [9.17, 15) is 4.79 Å². The van der Waals surface area contributed by atoms with Gasteiger partial charge in [0.05, 0.1) is 0 Å². The maximum atomic E-state index is 12.2. The highest BCUT2D eigenvalue weighted by molar-refractivity contribution is 5.93. The van der Waals surface area contributed by atoms with E-state index in [2.05, 4.69) is 25.4 Å². The summed E-state index contributed by atoms with van der Waals surface area (Å²) in [5.74, 6) is 1.18. The molecule has 8 nitrogen and oxygen atoms in total. The van der Waals surface area contributed by atoms with E-state index in [0.29, 0.717) is 17.4 Å². The molecule has 0 saturated carbocycles. The van der Waals surface area contributed by atoms with Gasteiger partial charge in [-0.1, -0.05) is 18.2 Å². The van der Waals surface area contributed by atoms with Crippen LogP contribution < -0.4 is 10.1 Å². The zero-order chi connectivity index (χ0) is 16.1. The van der Waals surface area contributed by atoms with Crippen molar-refractivity contribution in [2.24, 2.45) is 0 Å². The van der Waals surface area contributed by atoms with Gasteiger partial charge in [0.25, 0.3) is 5.91 Å². The molecule has 2 aromatic heterocycles. The predicted molar refractivity (Wildman–Crippen MR) is 82.1 cm³/mol. The SMILES string of the molecule is CC(Oc1ccccc1)C(=O)Nc1cc(-n2cncn2)ncn1. The van der Waals surface area contributed by atoms with Crippen molar-refractivity contribution < 1.29 is 9.53 Å². The molecule has 1 amide bonds. The first-order chi connectivity index (χ1) is 11.2. The molecule has 0 aliphatic carbocycles. The van der Waals surface area contributed by atoms with Gasteiger partial charge in [-0.15, -0.1) is 0 Å². The average molecular weight is 310 g/mol. The number of hydrogen-bond donors (Lipinski definition) is 1. The average Bonchev–Trinajstić information content (AvgIpc) is 3.10. The van der Waals surface area contributed by atoms with E-state index in [1.807, 2.05) is 18.2 Å². The number of hydrogen-bond acceptors (Lipinski definition) is 6. The van der Waals surface area contributed by atoms with Crippen molar-refractivity contribution >= 4 is 11.7 Å². The molecular formula is C15H14N6O2. The zero-order valence-electron chi connectivity index (χ0n) is 12.3. The first kappa shape index (κ1) is 14.6. The van der Waals surface area contributed by atoms with Gasteiger partial charge in [0.1, 0.15) is 30.5 Å². The Morgan fingerprint density at radius 3 is 2.78 bits per heavy atom. The summed E-state index contributed by atoms with van der Waals surface area (Å²) in [6.45, 7) is 1.67. The van der Waals surface area contributed by atoms with E-state index in [0.717, 1.165) is 0 Å². The van der Waals surface area contributed by atoms with E-state index in [-0.39, 0.29) is 5.91 Å². The number of aromatic nitrogens is 5. The summed E-state index contributed by atoms with van der Waals surface area (Å²) in [7, 11) is 0. The lowest BCUT2D eigenvalue weighted by Gasteiger charge is -2.14. The van der Waals surface area contributed by atoms with Crippen LogP contribution in [0.15, 0.2) is 55.4 Å². The third kappa shape index (κ3) is 3.67. The van der Waals surface area contributed by atoms with Crippen LogP contribution in [0.3, 0.4) is 0 Å². The Bertz CT molecular complexity index is 776. The van der Waals surface area contributed by atoms with Gasteiger partial charge >= 0.3 is 0 Å². The largest absolute Gasteiger partial charge is 0.481 e. The van der Waals surface area contributed by atoms with Crippen LogP contribution in [0, 0.1) is 0 Å². The van der Waals surface area contributed by atoms with Gasteiger partial charge in [-0.05, 0) is 19.1 Å². The standard InChI is InChI=1S/C15H14N6O2/c1-11(23-12-5-3-2-4-6-12)15(22)20-13-7-14(18-9-17-13)21-10-16-8-19-21/h2-11H,1H3,(H,17,18,20,22). The summed E-state index contributed by atoms with van der Waals surface area (Å²) < 4.78 is 7.04. The van der Waals surface area contributed by atoms with Crippen LogP contribution in [0.4, 0.5) is 5.82 Å². The first-order valence-corrected chi connectivity index (χ1v) is 6.92. The highest BCUT2D eigenvalue weighted by Gasteiger charge is 2.15. The van der Waals surface area contributed by atoms with Gasteiger partial charge in [-0.3, -0.25) is 4.79 Å². The third-order valence-corrected chi connectivity index (χ3v) is 2.98. The molecule has 3 rings (SSSR count). The topological polar surface area (TPSA) is 94.8 Å². The lowest BCUT2D eigenvalue weighted by molar-refractivity contribution is -0.122. The fourth-order valence-corrected chi connectivity index (χ4v) is 1.85. The predicted octanol–water partition coefficient (Wildman–Crippen LogP) is 1.46. The minimum Gasteiger partial charge on any atom is -0.481 e. The monoisotopic (exact) mass is 310 g/mol. The highest BCUT2D eigenvalue weighted by Crippen LogP contribution is 2.12. The van der Waals surface area contributed by atoms with Gasteiger partial charge in [0.2, 0.25) is 0 Å². The molecule has 1 atom stereocenters. The molecule has 1 unspecified atom stereocenters. The molecule has 1 N–H and O–H groups in total. The van der Waals surface area contributed by atoms with E-state index in [1.165, 1.54) is 23.7 Å². The van der Waals surface area contributed by atoms with Crippen LogP contribution in [-0.2, 0) is 4.79 Å². The fourth-order valence-electron chi connectivity index (χ4n) is 1.85. The summed E-state index contributed by atoms with van der Waals surface area (Å²) in [6, 6.07) is 10.7. The summed E-state index contributed by atoms with van der Waals surface area (Å²) in [5.41, 5.74) is 0. The molecule has 0 saturated heterocycles. The molecule has 8 heteroatoms. The highest BCUT2D eigenvalue weighted by atomic mass is 16.5. The van der Waals surface area contributed by atoms with Crippen LogP contribution in [0.1, 0.15) is 6.92 Å². The molecule has 1 aromatic carbocycles. The molecule has 116 valence electrons. The molecule has 0 bridgehead atoms. The molecular weight excluding hydrogens is 296 g/mol. The number of carbonyl (C=O) groups excluding carboxylic acids is 1. The first-order valence-electron chi connectivity index (χ1n) is 6.92. The Morgan fingerprint density at radius 1 is 1.22 bits per heavy atom. The lowest BCUT2D eigenvalue weighted by Crippen LogP contribution is -2.30. The normalized spacial score (nSPS) is 11.7. The van der Waals surface area contributed by atoms with Gasteiger partial charge in [-0.25, -0.2) is 19.6 Å². The molecule has 0 fully saturated rings. The number of nitrogens with one attached hydrogen (secondary N) is 1. The second-order valence-corrected chi connectivity index (χ2v) is 4.66. The van der Waals surface area contributed by atoms with Crippen LogP contribution in [-0.4, -0.2) is 36.7 Å². The summed E-state index contributed by atoms with van der Waals surface area (Å²) in [6.07, 6.45) is 3.59. The van der Waals surface area contributed by atoms with Gasteiger partial charge < -0.3 is 10.1 Å². The smallest absolute Gasteiger partial charge is 0.266 e. The number of anilines is 1. The molecule has 2 heterocycles. The Kier molecular flexibility index (Phi) is 4.23. The number of rotatable bonds is 5. The van der Waals surface area contributed by atoms with Gasteiger partial charge in [0.15, 0.2) is 11.9 Å². The minimum atomic E-state index is -0.665. The Balaban J connectivity index is 1.67. The molecule has 3 aromatic rings. The van der Waals surface area contributed by atoms with Crippen molar-refractivity contribution in [2.45, 2.75) is 13.0 Å². The minimum absolute atomic E-state index is 0.308. The van der Waals surface area contributed by atoms with Crippen molar-refractivity contribution in [2.75, 3.05) is 5.32 Å². The molecule has 0 aliphatic heterocycles. The second-order valence-electron chi connectivity index (χ2n) is 4.66. The lowest BCUT2D eigenvalue weighted by atomic mass is 10.3. The Hall–Kier alpha value is -3.29. The van der Waals surface area contributed by atoms with Crippen molar-refractivity contribution in [1.29, 1.82) is 0 Å². The maximum absolute atomic E-state index is 12.2. The molecule has 0 radical (unpaired) electrons. The number of carbonyl (C=O) groups is 1. The van der Waals surface area contributed by atoms with Crippen molar-refractivity contribution in [3.63, 3.8) is 0 Å². The van der Waals surface area contributed by atoms with Crippen LogP contribution >= 0.6 is 0 Å². The van der Waals surface area contributed by atoms with E-state index in [1.54, 1.807) is 25.1 Å². The number of benzene rings is 1. The third-order valence-electron chi connectivity index (χ3n) is 2.98. The fraction of sp³-hybridized carbons (Fsp3) is 0.133. The van der Waals surface area contributed by atoms with Crippen molar-refractivity contribution in [3.8, 4) is 11.6 Å². The summed E-state index contributed by atoms with van der Waals surface area (Å²) in [4.78, 5) is 24.1. The number of ether oxygens (including phenoxy) is 1. The van der Waals surface area contributed by atoms with E-state index in [4.69, 9.17) is 4.74 Å².